The second-order valence-electron chi connectivity index (χ2n) is 5.11. The van der Waals surface area contributed by atoms with Gasteiger partial charge >= 0.3 is 0 Å². The molecule has 1 rings (SSSR count). The average Bonchev–Trinajstić information content (AvgIpc) is 2.73. The summed E-state index contributed by atoms with van der Waals surface area (Å²) in [5.41, 5.74) is 0. The number of nitrogens with one attached hydrogen (secondary N) is 1. The molecule has 0 aliphatic carbocycles. The maximum atomic E-state index is 11.6. The van der Waals surface area contributed by atoms with Gasteiger partial charge < -0.3 is 10.1 Å². The highest BCUT2D eigenvalue weighted by Crippen LogP contribution is 2.28. The van der Waals surface area contributed by atoms with Crippen molar-refractivity contribution in [2.24, 2.45) is 11.8 Å². The lowest BCUT2D eigenvalue weighted by molar-refractivity contribution is 0.195. The summed E-state index contributed by atoms with van der Waals surface area (Å²) in [6, 6.07) is 0. The van der Waals surface area contributed by atoms with Crippen LogP contribution < -0.4 is 5.32 Å². The van der Waals surface area contributed by atoms with Crippen LogP contribution in [-0.2, 0) is 14.6 Å². The first-order chi connectivity index (χ1) is 9.09. The first-order valence-electron chi connectivity index (χ1n) is 7.07. The number of rotatable bonds is 10. The van der Waals surface area contributed by atoms with E-state index in [1.165, 1.54) is 0 Å². The minimum atomic E-state index is -2.77. The minimum absolute atomic E-state index is 0.345. The van der Waals surface area contributed by atoms with Crippen molar-refractivity contribution >= 4 is 21.6 Å². The van der Waals surface area contributed by atoms with E-state index in [0.717, 1.165) is 37.4 Å². The molecule has 1 saturated heterocycles. The summed E-state index contributed by atoms with van der Waals surface area (Å²) in [5.74, 6) is 3.86. The summed E-state index contributed by atoms with van der Waals surface area (Å²) < 4.78 is 28.2. The third-order valence-corrected chi connectivity index (χ3v) is 6.39. The molecule has 1 aliphatic heterocycles. The quantitative estimate of drug-likeness (QED) is 0.619. The van der Waals surface area contributed by atoms with Gasteiger partial charge in [0.1, 0.15) is 0 Å². The number of methoxy groups -OCH3 is 1. The number of hydrogen-bond acceptors (Lipinski definition) is 5. The first kappa shape index (κ1) is 17.3. The van der Waals surface area contributed by atoms with E-state index in [0.29, 0.717) is 29.9 Å². The van der Waals surface area contributed by atoms with E-state index in [9.17, 15) is 8.42 Å². The highest BCUT2D eigenvalue weighted by atomic mass is 32.2. The highest BCUT2D eigenvalue weighted by Gasteiger charge is 2.33. The molecule has 2 unspecified atom stereocenters. The molecule has 0 radical (unpaired) electrons. The van der Waals surface area contributed by atoms with Gasteiger partial charge in [0, 0.05) is 13.7 Å². The Bertz CT molecular complexity index is 333. The molecular weight excluding hydrogens is 282 g/mol. The number of ether oxygens (including phenoxy) is 1. The lowest BCUT2D eigenvalue weighted by Gasteiger charge is -2.23. The lowest BCUT2D eigenvalue weighted by atomic mass is 9.89. The molecule has 2 atom stereocenters. The molecule has 0 bridgehead atoms. The van der Waals surface area contributed by atoms with E-state index in [-0.39, 0.29) is 0 Å². The second kappa shape index (κ2) is 9.21. The Morgan fingerprint density at radius 2 is 2.26 bits per heavy atom. The molecule has 0 aromatic carbocycles. The van der Waals surface area contributed by atoms with E-state index < -0.39 is 9.84 Å². The summed E-state index contributed by atoms with van der Waals surface area (Å²) in [4.78, 5) is 0. The average molecular weight is 309 g/mol. The van der Waals surface area contributed by atoms with Gasteiger partial charge in [0.15, 0.2) is 9.84 Å². The first-order valence-corrected chi connectivity index (χ1v) is 10.0. The Hall–Kier alpha value is 0.220. The van der Waals surface area contributed by atoms with Crippen LogP contribution >= 0.6 is 11.8 Å². The van der Waals surface area contributed by atoms with Crippen molar-refractivity contribution in [1.82, 2.24) is 5.32 Å². The van der Waals surface area contributed by atoms with E-state index >= 15 is 0 Å². The van der Waals surface area contributed by atoms with Crippen molar-refractivity contribution in [3.05, 3.63) is 0 Å². The summed E-state index contributed by atoms with van der Waals surface area (Å²) in [7, 11) is -1.07. The van der Waals surface area contributed by atoms with Gasteiger partial charge in [0.05, 0.1) is 18.1 Å². The zero-order chi connectivity index (χ0) is 14.1. The third-order valence-electron chi connectivity index (χ3n) is 3.66. The van der Waals surface area contributed by atoms with Gasteiger partial charge in [-0.3, -0.25) is 0 Å². The van der Waals surface area contributed by atoms with Crippen molar-refractivity contribution in [1.29, 1.82) is 0 Å². The van der Waals surface area contributed by atoms with Gasteiger partial charge in [-0.05, 0) is 42.7 Å². The monoisotopic (exact) mass is 309 g/mol. The summed E-state index contributed by atoms with van der Waals surface area (Å²) in [6.45, 7) is 4.62. The second-order valence-corrected chi connectivity index (χ2v) is 8.73. The SMILES string of the molecule is CCSCCC(CNCCOC)C1CCS(=O)(=O)C1. The van der Waals surface area contributed by atoms with E-state index in [1.54, 1.807) is 7.11 Å². The molecule has 0 aromatic heterocycles. The van der Waals surface area contributed by atoms with Crippen LogP contribution in [0.3, 0.4) is 0 Å². The fraction of sp³-hybridized carbons (Fsp3) is 1.00. The molecule has 0 saturated carbocycles. The third kappa shape index (κ3) is 6.97. The van der Waals surface area contributed by atoms with Gasteiger partial charge in [-0.25, -0.2) is 8.42 Å². The van der Waals surface area contributed by atoms with Crippen molar-refractivity contribution in [2.75, 3.05) is 49.8 Å². The topological polar surface area (TPSA) is 55.4 Å². The van der Waals surface area contributed by atoms with Crippen LogP contribution in [0, 0.1) is 11.8 Å². The minimum Gasteiger partial charge on any atom is -0.383 e. The van der Waals surface area contributed by atoms with Gasteiger partial charge in [-0.15, -0.1) is 0 Å². The normalized spacial score (nSPS) is 23.6. The zero-order valence-corrected chi connectivity index (χ0v) is 13.7. The molecule has 0 spiro atoms. The van der Waals surface area contributed by atoms with E-state index in [1.807, 2.05) is 11.8 Å². The van der Waals surface area contributed by atoms with Crippen molar-refractivity contribution in [3.8, 4) is 0 Å². The molecule has 0 aromatic rings. The van der Waals surface area contributed by atoms with Crippen LogP contribution in [0.25, 0.3) is 0 Å². The predicted molar refractivity (Wildman–Crippen MR) is 82.6 cm³/mol. The van der Waals surface area contributed by atoms with Gasteiger partial charge in [-0.2, -0.15) is 11.8 Å². The molecule has 1 aliphatic rings. The molecule has 0 amide bonds. The van der Waals surface area contributed by atoms with Crippen LogP contribution in [0.2, 0.25) is 0 Å². The Morgan fingerprint density at radius 1 is 1.47 bits per heavy atom. The van der Waals surface area contributed by atoms with Gasteiger partial charge in [-0.1, -0.05) is 6.92 Å². The number of hydrogen-bond donors (Lipinski definition) is 1. The number of thioether (sulfide) groups is 1. The zero-order valence-electron chi connectivity index (χ0n) is 12.1. The molecule has 6 heteroatoms. The molecule has 4 nitrogen and oxygen atoms in total. The predicted octanol–water partition coefficient (Wildman–Crippen LogP) is 1.42. The maximum absolute atomic E-state index is 11.6. The van der Waals surface area contributed by atoms with Gasteiger partial charge in [0.2, 0.25) is 0 Å². The fourth-order valence-electron chi connectivity index (χ4n) is 2.54. The van der Waals surface area contributed by atoms with Crippen LogP contribution in [0.4, 0.5) is 0 Å². The molecular formula is C13H27NO3S2. The van der Waals surface area contributed by atoms with Gasteiger partial charge in [0.25, 0.3) is 0 Å². The lowest BCUT2D eigenvalue weighted by Crippen LogP contribution is -2.31. The van der Waals surface area contributed by atoms with E-state index in [2.05, 4.69) is 12.2 Å². The van der Waals surface area contributed by atoms with Crippen molar-refractivity contribution < 1.29 is 13.2 Å². The molecule has 19 heavy (non-hydrogen) atoms. The molecule has 114 valence electrons. The van der Waals surface area contributed by atoms with Crippen LogP contribution in [0.5, 0.6) is 0 Å². The number of sulfone groups is 1. The molecule has 1 heterocycles. The Morgan fingerprint density at radius 3 is 2.84 bits per heavy atom. The van der Waals surface area contributed by atoms with Crippen LogP contribution in [0.15, 0.2) is 0 Å². The van der Waals surface area contributed by atoms with E-state index in [4.69, 9.17) is 4.74 Å². The van der Waals surface area contributed by atoms with Crippen molar-refractivity contribution in [2.45, 2.75) is 19.8 Å². The smallest absolute Gasteiger partial charge is 0.150 e. The molecule has 1 N–H and O–H groups in total. The van der Waals surface area contributed by atoms with Crippen LogP contribution in [-0.4, -0.2) is 58.2 Å². The Balaban J connectivity index is 2.39. The Kier molecular flexibility index (Phi) is 8.37. The molecule has 1 fully saturated rings. The maximum Gasteiger partial charge on any atom is 0.150 e. The van der Waals surface area contributed by atoms with Crippen molar-refractivity contribution in [3.63, 3.8) is 0 Å². The highest BCUT2D eigenvalue weighted by molar-refractivity contribution is 7.99. The Labute approximate surface area is 122 Å². The fourth-order valence-corrected chi connectivity index (χ4v) is 5.22. The summed E-state index contributed by atoms with van der Waals surface area (Å²) in [6.07, 6.45) is 1.95. The van der Waals surface area contributed by atoms with Crippen LogP contribution in [0.1, 0.15) is 19.8 Å². The summed E-state index contributed by atoms with van der Waals surface area (Å²) >= 11 is 1.94. The summed E-state index contributed by atoms with van der Waals surface area (Å²) in [5, 5.41) is 3.39. The largest absolute Gasteiger partial charge is 0.383 e. The standard InChI is InChI=1S/C13H27NO3S2/c1-3-18-8-4-12(10-14-6-7-17-2)13-5-9-19(15,16)11-13/h12-14H,3-11H2,1-2H3.